The van der Waals surface area contributed by atoms with Crippen molar-refractivity contribution in [2.75, 3.05) is 19.8 Å². The average Bonchev–Trinajstić information content (AvgIpc) is 2.60. The summed E-state index contributed by atoms with van der Waals surface area (Å²) in [6.45, 7) is 3.31. The van der Waals surface area contributed by atoms with E-state index in [-0.39, 0.29) is 0 Å². The van der Waals surface area contributed by atoms with Crippen LogP contribution in [0.3, 0.4) is 0 Å². The topological polar surface area (TPSA) is 54.0 Å². The van der Waals surface area contributed by atoms with Crippen molar-refractivity contribution in [1.82, 2.24) is 0 Å². The molecule has 0 heterocycles. The van der Waals surface area contributed by atoms with Crippen molar-refractivity contribution < 1.29 is 23.7 Å². The number of rotatable bonds is 9. The van der Waals surface area contributed by atoms with E-state index in [1.165, 1.54) is 0 Å². The highest BCUT2D eigenvalue weighted by atomic mass is 16.8. The van der Waals surface area contributed by atoms with Gasteiger partial charge in [-0.2, -0.15) is 0 Å². The Kier molecular flexibility index (Phi) is 7.80. The smallest absolute Gasteiger partial charge is 0.404 e. The van der Waals surface area contributed by atoms with E-state index in [9.17, 15) is 4.79 Å². The van der Waals surface area contributed by atoms with Gasteiger partial charge in [0.2, 0.25) is 6.29 Å². The van der Waals surface area contributed by atoms with Crippen LogP contribution in [-0.4, -0.2) is 32.3 Å². The van der Waals surface area contributed by atoms with E-state index < -0.39 is 12.4 Å². The zero-order chi connectivity index (χ0) is 17.0. The summed E-state index contributed by atoms with van der Waals surface area (Å²) in [6.07, 6.45) is -1.08. The zero-order valence-corrected chi connectivity index (χ0v) is 13.7. The Hall–Kier alpha value is -2.37. The molecule has 0 spiro atoms. The molecule has 1 unspecified atom stereocenters. The first-order valence-corrected chi connectivity index (χ1v) is 7.94. The second-order valence-corrected chi connectivity index (χ2v) is 4.97. The van der Waals surface area contributed by atoms with Gasteiger partial charge in [0, 0.05) is 13.0 Å². The molecule has 24 heavy (non-hydrogen) atoms. The fourth-order valence-corrected chi connectivity index (χ4v) is 2.04. The molecule has 1 atom stereocenters. The Bertz CT molecular complexity index is 585. The molecule has 0 radical (unpaired) electrons. The number of para-hydroxylation sites is 1. The lowest BCUT2D eigenvalue weighted by Gasteiger charge is -2.18. The molecule has 128 valence electrons. The van der Waals surface area contributed by atoms with Crippen molar-refractivity contribution in [3.05, 3.63) is 66.2 Å². The van der Waals surface area contributed by atoms with Crippen LogP contribution in [0.2, 0.25) is 0 Å². The van der Waals surface area contributed by atoms with E-state index in [1.54, 1.807) is 24.3 Å². The van der Waals surface area contributed by atoms with Gasteiger partial charge in [-0.25, -0.2) is 4.79 Å². The highest BCUT2D eigenvalue weighted by molar-refractivity contribution is 5.63. The van der Waals surface area contributed by atoms with Crippen LogP contribution in [0.25, 0.3) is 0 Å². The summed E-state index contributed by atoms with van der Waals surface area (Å²) in [5.74, 6) is 0.426. The Morgan fingerprint density at radius 3 is 2.29 bits per heavy atom. The predicted molar refractivity (Wildman–Crippen MR) is 89.9 cm³/mol. The third kappa shape index (κ3) is 6.81. The van der Waals surface area contributed by atoms with Crippen LogP contribution in [0.1, 0.15) is 12.5 Å². The number of benzene rings is 2. The van der Waals surface area contributed by atoms with Crippen molar-refractivity contribution in [1.29, 1.82) is 0 Å². The summed E-state index contributed by atoms with van der Waals surface area (Å²) in [6, 6.07) is 18.4. The Labute approximate surface area is 142 Å². The van der Waals surface area contributed by atoms with Crippen molar-refractivity contribution in [2.45, 2.75) is 19.6 Å². The third-order valence-electron chi connectivity index (χ3n) is 3.15. The average molecular weight is 330 g/mol. The van der Waals surface area contributed by atoms with Gasteiger partial charge in [0.25, 0.3) is 0 Å². The van der Waals surface area contributed by atoms with Gasteiger partial charge in [-0.3, -0.25) is 0 Å². The largest absolute Gasteiger partial charge is 0.516 e. The number of hydrogen-bond donors (Lipinski definition) is 0. The molecule has 0 aliphatic rings. The van der Waals surface area contributed by atoms with Gasteiger partial charge in [-0.1, -0.05) is 48.5 Å². The van der Waals surface area contributed by atoms with Crippen molar-refractivity contribution >= 4 is 6.16 Å². The van der Waals surface area contributed by atoms with E-state index in [0.29, 0.717) is 32.0 Å². The third-order valence-corrected chi connectivity index (χ3v) is 3.15. The van der Waals surface area contributed by atoms with Crippen LogP contribution in [0.4, 0.5) is 4.79 Å². The molecule has 5 heteroatoms. The summed E-state index contributed by atoms with van der Waals surface area (Å²) in [5, 5.41) is 0. The number of hydrogen-bond acceptors (Lipinski definition) is 5. The van der Waals surface area contributed by atoms with Gasteiger partial charge in [0.15, 0.2) is 0 Å². The van der Waals surface area contributed by atoms with Crippen LogP contribution >= 0.6 is 0 Å². The molecule has 0 aromatic heterocycles. The highest BCUT2D eigenvalue weighted by Gasteiger charge is 2.17. The number of carbonyl (C=O) groups is 1. The molecule has 2 aromatic rings. The lowest BCUT2D eigenvalue weighted by molar-refractivity contribution is -0.123. The predicted octanol–water partition coefficient (Wildman–Crippen LogP) is 3.82. The van der Waals surface area contributed by atoms with E-state index in [2.05, 4.69) is 0 Å². The molecule has 0 bridgehead atoms. The minimum Gasteiger partial charge on any atom is -0.404 e. The molecule has 0 aliphatic heterocycles. The second-order valence-electron chi connectivity index (χ2n) is 4.97. The highest BCUT2D eigenvalue weighted by Crippen LogP contribution is 2.12. The second kappa shape index (κ2) is 10.4. The molecule has 2 rings (SSSR count). The monoisotopic (exact) mass is 330 g/mol. The van der Waals surface area contributed by atoms with Gasteiger partial charge in [0.1, 0.15) is 5.75 Å². The first-order chi connectivity index (χ1) is 11.8. The maximum absolute atomic E-state index is 11.9. The van der Waals surface area contributed by atoms with Crippen LogP contribution in [0.5, 0.6) is 5.75 Å². The van der Waals surface area contributed by atoms with Gasteiger partial charge in [-0.05, 0) is 24.6 Å². The van der Waals surface area contributed by atoms with E-state index in [0.717, 1.165) is 5.56 Å². The van der Waals surface area contributed by atoms with Crippen LogP contribution in [0, 0.1) is 0 Å². The summed E-state index contributed by atoms with van der Waals surface area (Å²) < 4.78 is 21.3. The molecule has 0 fully saturated rings. The van der Waals surface area contributed by atoms with Gasteiger partial charge < -0.3 is 18.9 Å². The van der Waals surface area contributed by atoms with Crippen molar-refractivity contribution in [3.8, 4) is 5.75 Å². The molecule has 0 N–H and O–H groups in total. The number of ether oxygens (including phenoxy) is 4. The molecule has 2 aromatic carbocycles. The van der Waals surface area contributed by atoms with Crippen LogP contribution in [-0.2, 0) is 20.6 Å². The SMILES string of the molecule is CCOCCOC(Cc1ccccc1)OC(=O)Oc1ccccc1. The van der Waals surface area contributed by atoms with Crippen molar-refractivity contribution in [3.63, 3.8) is 0 Å². The van der Waals surface area contributed by atoms with E-state index >= 15 is 0 Å². The fraction of sp³-hybridized carbons (Fsp3) is 0.316. The lowest BCUT2D eigenvalue weighted by Crippen LogP contribution is -2.27. The van der Waals surface area contributed by atoms with Crippen LogP contribution < -0.4 is 4.74 Å². The van der Waals surface area contributed by atoms with Crippen molar-refractivity contribution in [2.24, 2.45) is 0 Å². The summed E-state index contributed by atoms with van der Waals surface area (Å²) in [4.78, 5) is 11.9. The normalized spacial score (nSPS) is 11.7. The molecule has 0 amide bonds. The Balaban J connectivity index is 1.89. The van der Waals surface area contributed by atoms with Crippen LogP contribution in [0.15, 0.2) is 60.7 Å². The standard InChI is InChI=1S/C19H22O5/c1-2-21-13-14-22-18(15-16-9-5-3-6-10-16)24-19(20)23-17-11-7-4-8-12-17/h3-12,18H,2,13-15H2,1H3. The zero-order valence-electron chi connectivity index (χ0n) is 13.7. The molecule has 0 saturated carbocycles. The summed E-state index contributed by atoms with van der Waals surface area (Å²) >= 11 is 0. The van der Waals surface area contributed by atoms with E-state index in [4.69, 9.17) is 18.9 Å². The Morgan fingerprint density at radius 1 is 0.958 bits per heavy atom. The fourth-order valence-electron chi connectivity index (χ4n) is 2.04. The molecule has 0 aliphatic carbocycles. The van der Waals surface area contributed by atoms with Gasteiger partial charge in [0.05, 0.1) is 13.2 Å². The first-order valence-electron chi connectivity index (χ1n) is 7.94. The maximum Gasteiger partial charge on any atom is 0.516 e. The minimum atomic E-state index is -0.793. The molecule has 0 saturated heterocycles. The quantitative estimate of drug-likeness (QED) is 0.303. The lowest BCUT2D eigenvalue weighted by atomic mass is 10.1. The first kappa shape index (κ1) is 18.0. The Morgan fingerprint density at radius 2 is 1.62 bits per heavy atom. The van der Waals surface area contributed by atoms with E-state index in [1.807, 2.05) is 43.3 Å². The molecule has 5 nitrogen and oxygen atoms in total. The molecular formula is C19H22O5. The maximum atomic E-state index is 11.9. The summed E-state index contributed by atoms with van der Waals surface area (Å²) in [7, 11) is 0. The van der Waals surface area contributed by atoms with Gasteiger partial charge in [-0.15, -0.1) is 0 Å². The summed E-state index contributed by atoms with van der Waals surface area (Å²) in [5.41, 5.74) is 1.01. The van der Waals surface area contributed by atoms with Gasteiger partial charge >= 0.3 is 6.16 Å². The number of carbonyl (C=O) groups excluding carboxylic acids is 1. The minimum absolute atomic E-state index is 0.337. The molecular weight excluding hydrogens is 308 g/mol.